The molecule has 5 nitrogen and oxygen atoms in total. The molecule has 2 N–H and O–H groups in total. The van der Waals surface area contributed by atoms with Gasteiger partial charge in [-0.25, -0.2) is 9.97 Å². The van der Waals surface area contributed by atoms with Crippen molar-refractivity contribution in [3.05, 3.63) is 60.2 Å². The molecule has 2 aromatic heterocycles. The Morgan fingerprint density at radius 2 is 1.14 bits per heavy atom. The number of nitrogens with zero attached hydrogens (tertiary/aromatic N) is 3. The molecule has 0 unspecified atom stereocenters. The van der Waals surface area contributed by atoms with Crippen molar-refractivity contribution in [1.29, 1.82) is 0 Å². The molecule has 0 aliphatic carbocycles. The van der Waals surface area contributed by atoms with Gasteiger partial charge in [0.15, 0.2) is 0 Å². The van der Waals surface area contributed by atoms with Crippen molar-refractivity contribution in [2.45, 2.75) is 33.0 Å². The van der Waals surface area contributed by atoms with Crippen LogP contribution in [0.5, 0.6) is 0 Å². The molecule has 4 aromatic rings. The summed E-state index contributed by atoms with van der Waals surface area (Å²) in [6.07, 6.45) is 0. The molecule has 0 spiro atoms. The topological polar surface area (TPSA) is 60.6 Å². The Balaban J connectivity index is 0.00000182. The quantitative estimate of drug-likeness (QED) is 0.302. The number of rotatable bonds is 5. The molecule has 0 aliphatic heterocycles. The molecule has 0 bridgehead atoms. The van der Waals surface area contributed by atoms with Crippen LogP contribution in [0.3, 0.4) is 0 Å². The molecule has 0 saturated heterocycles. The van der Waals surface area contributed by atoms with E-state index in [4.69, 9.17) is 9.97 Å². The van der Waals surface area contributed by atoms with Crippen LogP contribution in [0.1, 0.15) is 25.5 Å². The van der Waals surface area contributed by atoms with Gasteiger partial charge in [-0.3, -0.25) is 4.90 Å². The Kier molecular flexibility index (Phi) is 11.1. The van der Waals surface area contributed by atoms with Gasteiger partial charge < -0.3 is 47.2 Å². The molecule has 0 saturated carbocycles. The number of aromatic nitrogens is 4. The largest absolute Gasteiger partial charge is 3.00 e. The third-order valence-electron chi connectivity index (χ3n) is 4.31. The SMILES string of the molecule is CC(C)N(Cc1nc2ccccc2[nH]1)Cc1nc2ccccc2[nH]1.[Cl-].[Cl-].[Cl-].[Cr+3]. The number of aromatic amines is 2. The fraction of sp³-hybridized carbons (Fsp3) is 0.263. The summed E-state index contributed by atoms with van der Waals surface area (Å²) >= 11 is 0. The third kappa shape index (κ3) is 5.87. The van der Waals surface area contributed by atoms with Gasteiger partial charge >= 0.3 is 17.4 Å². The van der Waals surface area contributed by atoms with Crippen LogP contribution in [0.25, 0.3) is 22.1 Å². The van der Waals surface area contributed by atoms with Gasteiger partial charge in [-0.2, -0.15) is 0 Å². The Morgan fingerprint density at radius 3 is 1.50 bits per heavy atom. The van der Waals surface area contributed by atoms with E-state index in [1.54, 1.807) is 0 Å². The molecule has 2 heterocycles. The maximum Gasteiger partial charge on any atom is 3.00 e. The number of benzene rings is 2. The molecule has 9 heteroatoms. The van der Waals surface area contributed by atoms with E-state index in [1.807, 2.05) is 36.4 Å². The number of para-hydroxylation sites is 4. The number of halogens is 3. The van der Waals surface area contributed by atoms with Gasteiger partial charge in [0, 0.05) is 6.04 Å². The first kappa shape index (κ1) is 26.7. The Morgan fingerprint density at radius 1 is 0.750 bits per heavy atom. The fourth-order valence-electron chi connectivity index (χ4n) is 2.97. The molecule has 0 atom stereocenters. The molecule has 28 heavy (non-hydrogen) atoms. The van der Waals surface area contributed by atoms with Crippen molar-refractivity contribution in [2.75, 3.05) is 0 Å². The molecule has 4 rings (SSSR count). The predicted octanol–water partition coefficient (Wildman–Crippen LogP) is -5.14. The summed E-state index contributed by atoms with van der Waals surface area (Å²) in [6, 6.07) is 16.7. The van der Waals surface area contributed by atoms with Gasteiger partial charge in [-0.1, -0.05) is 24.3 Å². The Labute approximate surface area is 194 Å². The van der Waals surface area contributed by atoms with Crippen LogP contribution in [-0.2, 0) is 30.5 Å². The van der Waals surface area contributed by atoms with Gasteiger partial charge in [-0.15, -0.1) is 0 Å². The van der Waals surface area contributed by atoms with E-state index in [-0.39, 0.29) is 54.6 Å². The molecule has 0 fully saturated rings. The van der Waals surface area contributed by atoms with Gasteiger partial charge in [-0.05, 0) is 38.1 Å². The Bertz CT molecular complexity index is 844. The second-order valence-corrected chi connectivity index (χ2v) is 6.40. The van der Waals surface area contributed by atoms with Gasteiger partial charge in [0.05, 0.1) is 35.2 Å². The number of fused-ring (bicyclic) bond motifs is 2. The van der Waals surface area contributed by atoms with Crippen molar-refractivity contribution < 1.29 is 54.6 Å². The van der Waals surface area contributed by atoms with Crippen LogP contribution in [0.4, 0.5) is 0 Å². The van der Waals surface area contributed by atoms with Crippen molar-refractivity contribution in [3.8, 4) is 0 Å². The van der Waals surface area contributed by atoms with E-state index in [9.17, 15) is 0 Å². The summed E-state index contributed by atoms with van der Waals surface area (Å²) in [5.74, 6) is 1.97. The van der Waals surface area contributed by atoms with Crippen molar-refractivity contribution in [1.82, 2.24) is 24.8 Å². The molecular formula is C19H21Cl3CrN5. The van der Waals surface area contributed by atoms with Crippen LogP contribution in [0.15, 0.2) is 48.5 Å². The summed E-state index contributed by atoms with van der Waals surface area (Å²) in [6.45, 7) is 5.93. The molecule has 0 amide bonds. The smallest absolute Gasteiger partial charge is 1.00 e. The van der Waals surface area contributed by atoms with E-state index in [0.717, 1.165) is 46.8 Å². The normalized spacial score (nSPS) is 10.3. The summed E-state index contributed by atoms with van der Waals surface area (Å²) in [4.78, 5) is 18.6. The predicted molar refractivity (Wildman–Crippen MR) is 96.6 cm³/mol. The first-order valence-corrected chi connectivity index (χ1v) is 8.30. The number of hydrogen-bond donors (Lipinski definition) is 2. The third-order valence-corrected chi connectivity index (χ3v) is 4.31. The standard InChI is InChI=1S/C19H21N5.3ClH.Cr/c1-13(2)24(11-18-20-14-7-3-4-8-15(14)21-18)12-19-22-16-9-5-6-10-17(16)23-19;;;;/h3-10,13H,11-12H2,1-2H3,(H,20,21)(H,22,23);3*1H;/q;;;;+3/p-3. The van der Waals surface area contributed by atoms with E-state index in [2.05, 4.69) is 40.8 Å². The minimum absolute atomic E-state index is 0. The Hall–Kier alpha value is -1.26. The maximum absolute atomic E-state index is 4.69. The van der Waals surface area contributed by atoms with E-state index < -0.39 is 0 Å². The van der Waals surface area contributed by atoms with Crippen LogP contribution in [0.2, 0.25) is 0 Å². The first-order chi connectivity index (χ1) is 11.7. The second kappa shape index (κ2) is 11.7. The average molecular weight is 478 g/mol. The van der Waals surface area contributed by atoms with Crippen molar-refractivity contribution in [3.63, 3.8) is 0 Å². The zero-order valence-corrected chi connectivity index (χ0v) is 19.0. The molecule has 0 aliphatic rings. The van der Waals surface area contributed by atoms with Crippen LogP contribution in [0, 0.1) is 0 Å². The fourth-order valence-corrected chi connectivity index (χ4v) is 2.97. The van der Waals surface area contributed by atoms with E-state index in [0.29, 0.717) is 6.04 Å². The zero-order valence-electron chi connectivity index (χ0n) is 15.5. The van der Waals surface area contributed by atoms with Crippen LogP contribution >= 0.6 is 0 Å². The van der Waals surface area contributed by atoms with Crippen LogP contribution in [-0.4, -0.2) is 30.9 Å². The number of nitrogens with one attached hydrogen (secondary N) is 2. The minimum Gasteiger partial charge on any atom is -1.00 e. The molecule has 149 valence electrons. The first-order valence-electron chi connectivity index (χ1n) is 8.30. The molecular weight excluding hydrogens is 457 g/mol. The average Bonchev–Trinajstić information content (AvgIpc) is 3.16. The zero-order chi connectivity index (χ0) is 16.5. The van der Waals surface area contributed by atoms with E-state index >= 15 is 0 Å². The van der Waals surface area contributed by atoms with E-state index in [1.165, 1.54) is 0 Å². The number of H-pyrrole nitrogens is 2. The molecule has 2 aromatic carbocycles. The molecule has 1 radical (unpaired) electrons. The van der Waals surface area contributed by atoms with Crippen molar-refractivity contribution >= 4 is 22.1 Å². The van der Waals surface area contributed by atoms with Crippen LogP contribution < -0.4 is 37.2 Å². The van der Waals surface area contributed by atoms with Gasteiger partial charge in [0.1, 0.15) is 11.6 Å². The second-order valence-electron chi connectivity index (χ2n) is 6.40. The minimum atomic E-state index is 0. The maximum atomic E-state index is 4.69. The van der Waals surface area contributed by atoms with Gasteiger partial charge in [0.25, 0.3) is 0 Å². The monoisotopic (exact) mass is 476 g/mol. The summed E-state index contributed by atoms with van der Waals surface area (Å²) in [7, 11) is 0. The number of imidazole rings is 2. The van der Waals surface area contributed by atoms with Gasteiger partial charge in [0.2, 0.25) is 0 Å². The van der Waals surface area contributed by atoms with Crippen molar-refractivity contribution in [2.24, 2.45) is 0 Å². The summed E-state index contributed by atoms with van der Waals surface area (Å²) < 4.78 is 0. The number of hydrogen-bond acceptors (Lipinski definition) is 3. The summed E-state index contributed by atoms with van der Waals surface area (Å²) in [5, 5.41) is 0. The summed E-state index contributed by atoms with van der Waals surface area (Å²) in [5.41, 5.74) is 4.19.